The second-order valence-electron chi connectivity index (χ2n) is 19.4. The Bertz CT molecular complexity index is 3390. The standard InChI is InChI=1S/C59H53N7O10/c67-35-36-74-49-25-13-10-22-44(49)54-59(50(55(68)62-32-14-2-1-3-15-33-62)52-56(69)76-53(42-20-8-5-9-21-42)51(65(52)54)41-18-6-4-7-19-41)45-37-39(17-16-34-63-48-24-12-11-23-46(48)60-61-63)28-31-47(45)64(57(59)70)58(71)75-38-40-26-29-43(30-27-40)66(72)73/h4-13,18-31,37,50-54,67H,1-3,14-15,32-36,38H2. The number of fused-ring (bicyclic) bond motifs is 4. The van der Waals surface area contributed by atoms with Crippen molar-refractivity contribution in [3.8, 4) is 17.6 Å². The number of nitro groups is 1. The van der Waals surface area contributed by atoms with E-state index in [0.717, 1.165) is 35.2 Å². The lowest BCUT2D eigenvalue weighted by molar-refractivity contribution is -0.384. The Labute approximate surface area is 437 Å². The summed E-state index contributed by atoms with van der Waals surface area (Å²) in [5.74, 6) is 3.23. The topological polar surface area (TPSA) is 200 Å². The van der Waals surface area contributed by atoms with Crippen LogP contribution in [0, 0.1) is 27.9 Å². The molecule has 3 fully saturated rings. The molecule has 384 valence electrons. The van der Waals surface area contributed by atoms with Crippen LogP contribution in [0.4, 0.5) is 16.2 Å². The molecule has 11 rings (SSSR count). The van der Waals surface area contributed by atoms with Gasteiger partial charge in [-0.25, -0.2) is 14.4 Å². The number of aliphatic hydroxyl groups is 1. The Kier molecular flexibility index (Phi) is 13.8. The molecule has 4 aliphatic rings. The van der Waals surface area contributed by atoms with Crippen LogP contribution in [-0.2, 0) is 42.4 Å². The molecule has 1 spiro atoms. The van der Waals surface area contributed by atoms with E-state index < -0.39 is 64.4 Å². The lowest BCUT2D eigenvalue weighted by Crippen LogP contribution is -2.56. The molecule has 17 heteroatoms. The van der Waals surface area contributed by atoms with Crippen LogP contribution in [0.2, 0.25) is 0 Å². The quantitative estimate of drug-likeness (QED) is 0.0560. The number of hydrogen-bond acceptors (Lipinski definition) is 13. The van der Waals surface area contributed by atoms with Gasteiger partial charge in [-0.15, -0.1) is 5.10 Å². The van der Waals surface area contributed by atoms with Crippen molar-refractivity contribution < 1.29 is 43.4 Å². The number of aromatic nitrogens is 3. The molecule has 6 aromatic carbocycles. The number of esters is 1. The normalized spacial score (nSPS) is 22.2. The summed E-state index contributed by atoms with van der Waals surface area (Å²) in [6.07, 6.45) is 2.12. The average molecular weight is 1020 g/mol. The maximum atomic E-state index is 16.9. The summed E-state index contributed by atoms with van der Waals surface area (Å²) >= 11 is 0. The second-order valence-corrected chi connectivity index (χ2v) is 19.4. The van der Waals surface area contributed by atoms with Gasteiger partial charge in [-0.3, -0.25) is 29.4 Å². The average Bonchev–Trinajstić information content (AvgIpc) is 3.82. The maximum absolute atomic E-state index is 16.9. The fourth-order valence-electron chi connectivity index (χ4n) is 11.7. The number of likely N-dealkylation sites (tertiary alicyclic amines) is 1. The van der Waals surface area contributed by atoms with E-state index in [-0.39, 0.29) is 49.1 Å². The van der Waals surface area contributed by atoms with E-state index in [2.05, 4.69) is 22.2 Å². The van der Waals surface area contributed by atoms with Gasteiger partial charge in [-0.05, 0) is 83.6 Å². The number of imide groups is 1. The fraction of sp³-hybridized carbons (Fsp3) is 0.288. The number of carbonyl (C=O) groups is 4. The number of morpholine rings is 1. The van der Waals surface area contributed by atoms with Gasteiger partial charge < -0.3 is 24.2 Å². The fourth-order valence-corrected chi connectivity index (χ4v) is 11.7. The third kappa shape index (κ3) is 8.88. The number of carbonyl (C=O) groups excluding carboxylic acids is 4. The van der Waals surface area contributed by atoms with Crippen LogP contribution in [0.3, 0.4) is 0 Å². The van der Waals surface area contributed by atoms with Gasteiger partial charge in [-0.2, -0.15) is 0 Å². The van der Waals surface area contributed by atoms with Gasteiger partial charge in [0.25, 0.3) is 5.69 Å². The van der Waals surface area contributed by atoms with Gasteiger partial charge in [0.2, 0.25) is 11.8 Å². The first-order valence-corrected chi connectivity index (χ1v) is 25.5. The molecule has 1 aromatic heterocycles. The zero-order chi connectivity index (χ0) is 52.3. The molecular formula is C59H53N7O10. The summed E-state index contributed by atoms with van der Waals surface area (Å²) in [5.41, 5.74) is 2.24. The summed E-state index contributed by atoms with van der Waals surface area (Å²) in [5, 5.41) is 30.3. The molecule has 17 nitrogen and oxygen atoms in total. The molecule has 3 saturated heterocycles. The zero-order valence-electron chi connectivity index (χ0n) is 41.4. The molecule has 4 aliphatic heterocycles. The molecule has 76 heavy (non-hydrogen) atoms. The number of para-hydroxylation sites is 2. The molecule has 1 N–H and O–H groups in total. The van der Waals surface area contributed by atoms with Gasteiger partial charge >= 0.3 is 12.1 Å². The largest absolute Gasteiger partial charge is 0.491 e. The third-order valence-corrected chi connectivity index (χ3v) is 15.0. The Morgan fingerprint density at radius 2 is 1.49 bits per heavy atom. The first kappa shape index (κ1) is 49.5. The lowest BCUT2D eigenvalue weighted by Gasteiger charge is -2.46. The van der Waals surface area contributed by atoms with Crippen molar-refractivity contribution in [1.82, 2.24) is 24.8 Å². The second kappa shape index (κ2) is 21.3. The number of ether oxygens (including phenoxy) is 3. The minimum Gasteiger partial charge on any atom is -0.491 e. The van der Waals surface area contributed by atoms with Crippen molar-refractivity contribution in [2.75, 3.05) is 31.2 Å². The molecule has 0 saturated carbocycles. The highest BCUT2D eigenvalue weighted by molar-refractivity contribution is 6.23. The number of amides is 3. The SMILES string of the molecule is O=C1OC(c2ccccc2)C(c2ccccc2)N2C1C(C(=O)N1CCCCCCC1)C1(C(=O)N(C(=O)OCc3ccc([N+](=O)[O-])cc3)c3ccc(C#CCn4nnc5ccccc54)cc31)C2c1ccccc1OCCO. The van der Waals surface area contributed by atoms with Crippen LogP contribution in [0.5, 0.6) is 5.75 Å². The summed E-state index contributed by atoms with van der Waals surface area (Å²) in [7, 11) is 0. The van der Waals surface area contributed by atoms with Crippen molar-refractivity contribution >= 4 is 46.3 Å². The number of non-ortho nitro benzene ring substituents is 1. The van der Waals surface area contributed by atoms with Crippen LogP contribution < -0.4 is 9.64 Å². The highest BCUT2D eigenvalue weighted by atomic mass is 16.6. The van der Waals surface area contributed by atoms with Gasteiger partial charge in [0.05, 0.1) is 40.7 Å². The van der Waals surface area contributed by atoms with Crippen molar-refractivity contribution in [2.45, 2.75) is 74.9 Å². The van der Waals surface area contributed by atoms with Crippen molar-refractivity contribution in [1.29, 1.82) is 0 Å². The monoisotopic (exact) mass is 1020 g/mol. The van der Waals surface area contributed by atoms with E-state index in [1.54, 1.807) is 52.0 Å². The van der Waals surface area contributed by atoms with Crippen LogP contribution in [0.1, 0.15) is 83.7 Å². The van der Waals surface area contributed by atoms with Crippen molar-refractivity contribution in [2.24, 2.45) is 5.92 Å². The van der Waals surface area contributed by atoms with E-state index in [9.17, 15) is 15.2 Å². The predicted molar refractivity (Wildman–Crippen MR) is 278 cm³/mol. The highest BCUT2D eigenvalue weighted by Gasteiger charge is 2.76. The minimum absolute atomic E-state index is 0.111. The number of benzene rings is 6. The van der Waals surface area contributed by atoms with E-state index in [4.69, 9.17) is 14.2 Å². The molecule has 3 amide bonds. The van der Waals surface area contributed by atoms with Gasteiger partial charge in [0.1, 0.15) is 48.6 Å². The molecule has 6 atom stereocenters. The van der Waals surface area contributed by atoms with E-state index in [0.29, 0.717) is 53.7 Å². The molecule has 0 bridgehead atoms. The summed E-state index contributed by atoms with van der Waals surface area (Å²) < 4.78 is 20.7. The first-order valence-electron chi connectivity index (χ1n) is 25.5. The number of hydrogen-bond donors (Lipinski definition) is 1. The number of nitrogens with zero attached hydrogens (tertiary/aromatic N) is 7. The van der Waals surface area contributed by atoms with Crippen molar-refractivity contribution in [3.63, 3.8) is 0 Å². The summed E-state index contributed by atoms with van der Waals surface area (Å²) in [4.78, 5) is 79.8. The first-order chi connectivity index (χ1) is 37.2. The highest BCUT2D eigenvalue weighted by Crippen LogP contribution is 2.67. The lowest BCUT2D eigenvalue weighted by atomic mass is 9.64. The number of nitro benzene ring substituents is 1. The van der Waals surface area contributed by atoms with E-state index in [1.807, 2.05) is 89.8 Å². The van der Waals surface area contributed by atoms with Crippen LogP contribution in [-0.4, -0.2) is 91.0 Å². The smallest absolute Gasteiger partial charge is 0.421 e. The van der Waals surface area contributed by atoms with Gasteiger partial charge in [-0.1, -0.05) is 127 Å². The summed E-state index contributed by atoms with van der Waals surface area (Å²) in [6.45, 7) is 0.0550. The number of rotatable bonds is 11. The van der Waals surface area contributed by atoms with Crippen LogP contribution >= 0.6 is 0 Å². The van der Waals surface area contributed by atoms with Crippen molar-refractivity contribution in [3.05, 3.63) is 195 Å². The summed E-state index contributed by atoms with van der Waals surface area (Å²) in [6, 6.07) is 40.5. The molecular weight excluding hydrogens is 967 g/mol. The molecule has 0 aliphatic carbocycles. The zero-order valence-corrected chi connectivity index (χ0v) is 41.4. The Hall–Kier alpha value is -8.72. The number of anilines is 1. The third-order valence-electron chi connectivity index (χ3n) is 15.0. The number of cyclic esters (lactones) is 1. The Morgan fingerprint density at radius 1 is 0.803 bits per heavy atom. The van der Waals surface area contributed by atoms with Gasteiger partial charge in [0, 0.05) is 36.3 Å². The minimum atomic E-state index is -2.12. The predicted octanol–water partition coefficient (Wildman–Crippen LogP) is 8.56. The van der Waals surface area contributed by atoms with Crippen LogP contribution in [0.15, 0.2) is 152 Å². The van der Waals surface area contributed by atoms with E-state index in [1.165, 1.54) is 24.3 Å². The van der Waals surface area contributed by atoms with Gasteiger partial charge in [0.15, 0.2) is 0 Å². The number of aliphatic hydroxyl groups excluding tert-OH is 1. The molecule has 5 heterocycles. The molecule has 7 aromatic rings. The molecule has 0 radical (unpaired) electrons. The van der Waals surface area contributed by atoms with E-state index >= 15 is 19.2 Å². The maximum Gasteiger partial charge on any atom is 0.421 e. The van der Waals surface area contributed by atoms with Crippen LogP contribution in [0.25, 0.3) is 11.0 Å². The Morgan fingerprint density at radius 3 is 2.22 bits per heavy atom. The Balaban J connectivity index is 1.17. The molecule has 6 unspecified atom stereocenters.